The molecule has 0 N–H and O–H groups in total. The zero-order chi connectivity index (χ0) is 46.4. The molecule has 2 heteroatoms. The number of hydrogen-bond donors (Lipinski definition) is 0. The molecule has 2 atom stereocenters. The fourth-order valence-electron chi connectivity index (χ4n) is 13.0. The van der Waals surface area contributed by atoms with Crippen LogP contribution in [0.5, 0.6) is 0 Å². The highest BCUT2D eigenvalue weighted by Gasteiger charge is 2.70. The smallest absolute Gasteiger partial charge is 0.0468 e. The molecule has 0 saturated heterocycles. The van der Waals surface area contributed by atoms with Gasteiger partial charge in [-0.3, -0.25) is 0 Å². The lowest BCUT2D eigenvalue weighted by atomic mass is 9.39. The van der Waals surface area contributed by atoms with Gasteiger partial charge in [0.2, 0.25) is 0 Å². The molecule has 2 aliphatic carbocycles. The van der Waals surface area contributed by atoms with Gasteiger partial charge in [-0.05, 0) is 150 Å². The van der Waals surface area contributed by atoms with Gasteiger partial charge in [0.25, 0.3) is 0 Å². The maximum atomic E-state index is 2.58. The van der Waals surface area contributed by atoms with Gasteiger partial charge in [-0.25, -0.2) is 0 Å². The summed E-state index contributed by atoms with van der Waals surface area (Å²) >= 11 is 0. The van der Waals surface area contributed by atoms with Crippen LogP contribution >= 0.6 is 0 Å². The third-order valence-corrected chi connectivity index (χ3v) is 15.4. The van der Waals surface area contributed by atoms with Gasteiger partial charge in [0.05, 0.1) is 0 Å². The Kier molecular flexibility index (Phi) is 9.47. The molecular formula is C66H56N2. The first-order valence-corrected chi connectivity index (χ1v) is 24.2. The van der Waals surface area contributed by atoms with E-state index in [9.17, 15) is 0 Å². The molecule has 12 rings (SSSR count). The van der Waals surface area contributed by atoms with Crippen LogP contribution in [0.1, 0.15) is 63.8 Å². The van der Waals surface area contributed by atoms with Gasteiger partial charge in [-0.15, -0.1) is 0 Å². The summed E-state index contributed by atoms with van der Waals surface area (Å²) in [7, 11) is 0. The van der Waals surface area contributed by atoms with E-state index in [4.69, 9.17) is 0 Å². The minimum absolute atomic E-state index is 0.316. The van der Waals surface area contributed by atoms with E-state index in [0.717, 1.165) is 34.1 Å². The van der Waals surface area contributed by atoms with Crippen LogP contribution < -0.4 is 9.80 Å². The van der Waals surface area contributed by atoms with Crippen LogP contribution in [0.4, 0.5) is 34.1 Å². The molecular weight excluding hydrogens is 821 g/mol. The first-order chi connectivity index (χ1) is 33.0. The van der Waals surface area contributed by atoms with E-state index >= 15 is 0 Å². The second-order valence-corrected chi connectivity index (χ2v) is 21.0. The summed E-state index contributed by atoms with van der Waals surface area (Å²) in [4.78, 5) is 4.92. The Hall–Kier alpha value is -7.68. The lowest BCUT2D eigenvalue weighted by Gasteiger charge is -2.62. The maximum Gasteiger partial charge on any atom is 0.0468 e. The summed E-state index contributed by atoms with van der Waals surface area (Å²) in [5, 5.41) is 4.91. The van der Waals surface area contributed by atoms with Crippen molar-refractivity contribution in [3.63, 3.8) is 0 Å². The first kappa shape index (κ1) is 41.7. The van der Waals surface area contributed by atoms with Crippen molar-refractivity contribution in [3.05, 3.63) is 253 Å². The van der Waals surface area contributed by atoms with Gasteiger partial charge in [-0.1, -0.05) is 199 Å². The molecule has 0 bridgehead atoms. The predicted molar refractivity (Wildman–Crippen MR) is 289 cm³/mol. The molecule has 68 heavy (non-hydrogen) atoms. The summed E-state index contributed by atoms with van der Waals surface area (Å²) in [5.74, 6) is 0. The quantitative estimate of drug-likeness (QED) is 0.157. The Morgan fingerprint density at radius 2 is 0.559 bits per heavy atom. The normalized spacial score (nSPS) is 17.1. The van der Waals surface area contributed by atoms with Crippen LogP contribution in [0.25, 0.3) is 43.8 Å². The van der Waals surface area contributed by atoms with Crippen molar-refractivity contribution in [1.29, 1.82) is 0 Å². The second-order valence-electron chi connectivity index (χ2n) is 21.0. The summed E-state index contributed by atoms with van der Waals surface area (Å²) in [6.45, 7) is 15.0. The van der Waals surface area contributed by atoms with E-state index in [1.165, 1.54) is 66.1 Å². The standard InChI is InChI=1S/C66H56N2/c1-63(2,3)65(59-31-19-17-29-55(59)57-39-37-53(43-61(57)65)67(49-25-9-7-10-26-49)51-35-33-45-21-13-15-23-47(45)41-51)66(64(4,5)6)60-32-20-18-30-56(60)58-40-38-54(44-62(58)66)68(50-27-11-8-12-28-50)52-36-34-46-22-14-16-24-48(46)42-52/h7-44H,1-6H3. The monoisotopic (exact) mass is 876 g/mol. The lowest BCUT2D eigenvalue weighted by molar-refractivity contribution is 0.0594. The summed E-state index contributed by atoms with van der Waals surface area (Å²) in [6, 6.07) is 86.4. The molecule has 10 aromatic rings. The average Bonchev–Trinajstić information content (AvgIpc) is 3.83. The highest BCUT2D eigenvalue weighted by Crippen LogP contribution is 2.75. The third kappa shape index (κ3) is 5.96. The molecule has 2 unspecified atom stereocenters. The van der Waals surface area contributed by atoms with Crippen molar-refractivity contribution in [2.75, 3.05) is 9.80 Å². The Bertz CT molecular complexity index is 3320. The van der Waals surface area contributed by atoms with Crippen LogP contribution in [0.3, 0.4) is 0 Å². The third-order valence-electron chi connectivity index (χ3n) is 15.4. The average molecular weight is 877 g/mol. The highest BCUT2D eigenvalue weighted by atomic mass is 15.1. The van der Waals surface area contributed by atoms with Crippen molar-refractivity contribution < 1.29 is 0 Å². The maximum absolute atomic E-state index is 2.58. The summed E-state index contributed by atoms with van der Waals surface area (Å²) in [6.07, 6.45) is 0. The molecule has 0 saturated carbocycles. The van der Waals surface area contributed by atoms with E-state index in [1.807, 2.05) is 0 Å². The largest absolute Gasteiger partial charge is 0.310 e. The molecule has 10 aromatic carbocycles. The van der Waals surface area contributed by atoms with Crippen molar-refractivity contribution >= 4 is 55.7 Å². The fraction of sp³-hybridized carbons (Fsp3) is 0.152. The van der Waals surface area contributed by atoms with Gasteiger partial charge in [-0.2, -0.15) is 0 Å². The lowest BCUT2D eigenvalue weighted by Crippen LogP contribution is -2.62. The van der Waals surface area contributed by atoms with Crippen molar-refractivity contribution in [2.45, 2.75) is 52.4 Å². The Morgan fingerprint density at radius 1 is 0.250 bits per heavy atom. The van der Waals surface area contributed by atoms with E-state index in [1.54, 1.807) is 0 Å². The zero-order valence-electron chi connectivity index (χ0n) is 39.8. The predicted octanol–water partition coefficient (Wildman–Crippen LogP) is 18.3. The zero-order valence-corrected chi connectivity index (χ0v) is 39.8. The van der Waals surface area contributed by atoms with Gasteiger partial charge < -0.3 is 9.80 Å². The second kappa shape index (κ2) is 15.4. The van der Waals surface area contributed by atoms with Gasteiger partial charge in [0.15, 0.2) is 0 Å². The van der Waals surface area contributed by atoms with Gasteiger partial charge in [0, 0.05) is 45.0 Å². The number of para-hydroxylation sites is 2. The van der Waals surface area contributed by atoms with Crippen molar-refractivity contribution in [2.24, 2.45) is 10.8 Å². The Morgan fingerprint density at radius 3 is 0.956 bits per heavy atom. The van der Waals surface area contributed by atoms with Crippen molar-refractivity contribution in [1.82, 2.24) is 0 Å². The topological polar surface area (TPSA) is 6.48 Å². The highest BCUT2D eigenvalue weighted by molar-refractivity contribution is 5.95. The molecule has 0 spiro atoms. The number of benzene rings is 10. The van der Waals surface area contributed by atoms with E-state index < -0.39 is 10.8 Å². The summed E-state index contributed by atoms with van der Waals surface area (Å²) in [5.41, 5.74) is 15.7. The minimum Gasteiger partial charge on any atom is -0.310 e. The van der Waals surface area contributed by atoms with E-state index in [0.29, 0.717) is 0 Å². The van der Waals surface area contributed by atoms with Crippen LogP contribution in [0.15, 0.2) is 231 Å². The van der Waals surface area contributed by atoms with Crippen molar-refractivity contribution in [3.8, 4) is 22.3 Å². The number of rotatable bonds is 7. The van der Waals surface area contributed by atoms with Crippen LogP contribution in [0, 0.1) is 10.8 Å². The molecule has 2 aliphatic rings. The molecule has 330 valence electrons. The molecule has 0 fully saturated rings. The Labute approximate surface area is 401 Å². The number of anilines is 6. The van der Waals surface area contributed by atoms with E-state index in [2.05, 4.69) is 282 Å². The molecule has 0 aromatic heterocycles. The fourth-order valence-corrected chi connectivity index (χ4v) is 13.0. The van der Waals surface area contributed by atoms with Crippen LogP contribution in [0.2, 0.25) is 0 Å². The molecule has 0 aliphatic heterocycles. The summed E-state index contributed by atoms with van der Waals surface area (Å²) < 4.78 is 0. The SMILES string of the molecule is CC(C)(C)C1(C2(C(C)(C)C)c3ccccc3-c3ccc(N(c4ccccc4)c4ccc5ccccc5c4)cc32)c2ccccc2-c2ccc(N(c3ccccc3)c3ccc4ccccc4c3)cc21. The minimum atomic E-state index is -0.577. The van der Waals surface area contributed by atoms with Crippen LogP contribution in [-0.4, -0.2) is 0 Å². The number of fused-ring (bicyclic) bond motifs is 8. The molecule has 0 heterocycles. The van der Waals surface area contributed by atoms with E-state index in [-0.39, 0.29) is 10.8 Å². The molecule has 0 radical (unpaired) electrons. The molecule has 0 amide bonds. The van der Waals surface area contributed by atoms with Crippen LogP contribution in [-0.2, 0) is 10.8 Å². The molecule has 2 nitrogen and oxygen atoms in total. The number of hydrogen-bond acceptors (Lipinski definition) is 2. The Balaban J connectivity index is 1.18. The van der Waals surface area contributed by atoms with Gasteiger partial charge >= 0.3 is 0 Å². The number of nitrogens with zero attached hydrogens (tertiary/aromatic N) is 2. The van der Waals surface area contributed by atoms with Gasteiger partial charge in [0.1, 0.15) is 0 Å². The first-order valence-electron chi connectivity index (χ1n) is 24.2.